The van der Waals surface area contributed by atoms with Crippen LogP contribution >= 0.6 is 11.8 Å². The lowest BCUT2D eigenvalue weighted by Gasteiger charge is -2.26. The Balaban J connectivity index is 1.57. The molecule has 0 N–H and O–H groups in total. The lowest BCUT2D eigenvalue weighted by Crippen LogP contribution is -2.37. The maximum atomic E-state index is 5.34. The van der Waals surface area contributed by atoms with Gasteiger partial charge in [0.05, 0.1) is 18.9 Å². The molecule has 3 rings (SSSR count). The molecular formula is C13H17N5OS. The molecule has 0 unspecified atom stereocenters. The number of tetrazole rings is 1. The Morgan fingerprint density at radius 1 is 1.15 bits per heavy atom. The fraction of sp³-hybridized carbons (Fsp3) is 0.462. The number of aromatic nitrogens is 4. The minimum Gasteiger partial charge on any atom is -0.379 e. The number of nitrogens with zero attached hydrogens (tertiary/aromatic N) is 5. The van der Waals surface area contributed by atoms with Crippen LogP contribution in [0.25, 0.3) is 5.69 Å². The zero-order valence-electron chi connectivity index (χ0n) is 11.2. The van der Waals surface area contributed by atoms with Crippen LogP contribution in [-0.4, -0.2) is 63.7 Å². The second-order valence-electron chi connectivity index (χ2n) is 4.51. The first kappa shape index (κ1) is 13.5. The van der Waals surface area contributed by atoms with E-state index in [4.69, 9.17) is 4.74 Å². The van der Waals surface area contributed by atoms with Crippen molar-refractivity contribution in [1.82, 2.24) is 25.1 Å². The Labute approximate surface area is 122 Å². The Kier molecular flexibility index (Phi) is 4.62. The molecule has 0 amide bonds. The van der Waals surface area contributed by atoms with E-state index in [0.29, 0.717) is 0 Å². The van der Waals surface area contributed by atoms with E-state index in [1.165, 1.54) is 0 Å². The van der Waals surface area contributed by atoms with Gasteiger partial charge >= 0.3 is 0 Å². The highest BCUT2D eigenvalue weighted by Crippen LogP contribution is 2.17. The average molecular weight is 291 g/mol. The minimum atomic E-state index is 0.837. The largest absolute Gasteiger partial charge is 0.379 e. The van der Waals surface area contributed by atoms with Crippen molar-refractivity contribution in [3.05, 3.63) is 30.3 Å². The van der Waals surface area contributed by atoms with Gasteiger partial charge in [-0.1, -0.05) is 30.0 Å². The third-order valence-corrected chi connectivity index (χ3v) is 4.08. The highest BCUT2D eigenvalue weighted by molar-refractivity contribution is 7.99. The SMILES string of the molecule is c1ccc(-n2nnnc2SCCN2CCOCC2)cc1. The molecule has 2 aromatic rings. The lowest BCUT2D eigenvalue weighted by molar-refractivity contribution is 0.0410. The summed E-state index contributed by atoms with van der Waals surface area (Å²) in [7, 11) is 0. The average Bonchev–Trinajstić information content (AvgIpc) is 2.98. The summed E-state index contributed by atoms with van der Waals surface area (Å²) in [5, 5.41) is 12.8. The van der Waals surface area contributed by atoms with E-state index in [0.717, 1.165) is 49.4 Å². The standard InChI is InChI=1S/C13H17N5OS/c1-2-4-12(5-3-1)18-13(14-15-16-18)20-11-8-17-6-9-19-10-7-17/h1-5H,6-11H2. The minimum absolute atomic E-state index is 0.837. The van der Waals surface area contributed by atoms with Crippen LogP contribution in [0.4, 0.5) is 0 Å². The third kappa shape index (κ3) is 3.36. The van der Waals surface area contributed by atoms with Crippen molar-refractivity contribution < 1.29 is 4.74 Å². The Morgan fingerprint density at radius 3 is 2.75 bits per heavy atom. The van der Waals surface area contributed by atoms with Crippen LogP contribution in [0, 0.1) is 0 Å². The summed E-state index contributed by atoms with van der Waals surface area (Å²) in [6, 6.07) is 9.96. The molecule has 2 heterocycles. The molecule has 1 saturated heterocycles. The molecule has 1 aromatic heterocycles. The van der Waals surface area contributed by atoms with Crippen LogP contribution in [0.1, 0.15) is 0 Å². The molecule has 1 aliphatic rings. The zero-order valence-corrected chi connectivity index (χ0v) is 12.0. The maximum Gasteiger partial charge on any atom is 0.214 e. The van der Waals surface area contributed by atoms with Gasteiger partial charge in [0.2, 0.25) is 5.16 Å². The first-order valence-electron chi connectivity index (χ1n) is 6.70. The predicted molar refractivity (Wildman–Crippen MR) is 77.1 cm³/mol. The van der Waals surface area contributed by atoms with Crippen molar-refractivity contribution in [3.8, 4) is 5.69 Å². The highest BCUT2D eigenvalue weighted by atomic mass is 32.2. The van der Waals surface area contributed by atoms with Crippen LogP contribution in [0.5, 0.6) is 0 Å². The number of ether oxygens (including phenoxy) is 1. The number of para-hydroxylation sites is 1. The summed E-state index contributed by atoms with van der Waals surface area (Å²) in [5.41, 5.74) is 0.992. The molecule has 7 heteroatoms. The molecular weight excluding hydrogens is 274 g/mol. The topological polar surface area (TPSA) is 56.1 Å². The van der Waals surface area contributed by atoms with Crippen LogP contribution in [0.15, 0.2) is 35.5 Å². The van der Waals surface area contributed by atoms with Gasteiger partial charge < -0.3 is 4.74 Å². The van der Waals surface area contributed by atoms with Gasteiger partial charge in [0.15, 0.2) is 0 Å². The fourth-order valence-corrected chi connectivity index (χ4v) is 2.98. The van der Waals surface area contributed by atoms with E-state index < -0.39 is 0 Å². The number of thioether (sulfide) groups is 1. The van der Waals surface area contributed by atoms with Gasteiger partial charge in [-0.05, 0) is 22.6 Å². The second-order valence-corrected chi connectivity index (χ2v) is 5.57. The molecule has 20 heavy (non-hydrogen) atoms. The molecule has 0 bridgehead atoms. The molecule has 0 atom stereocenters. The Bertz CT molecular complexity index is 527. The maximum absolute atomic E-state index is 5.34. The van der Waals surface area contributed by atoms with E-state index in [1.54, 1.807) is 16.4 Å². The van der Waals surface area contributed by atoms with Crippen molar-refractivity contribution in [1.29, 1.82) is 0 Å². The van der Waals surface area contributed by atoms with Crippen LogP contribution < -0.4 is 0 Å². The van der Waals surface area contributed by atoms with Gasteiger partial charge in [-0.25, -0.2) is 0 Å². The first-order chi connectivity index (χ1) is 9.93. The molecule has 0 saturated carbocycles. The van der Waals surface area contributed by atoms with Crippen LogP contribution in [0.2, 0.25) is 0 Å². The van der Waals surface area contributed by atoms with Gasteiger partial charge in [-0.15, -0.1) is 5.10 Å². The van der Waals surface area contributed by atoms with E-state index in [2.05, 4.69) is 20.4 Å². The molecule has 106 valence electrons. The lowest BCUT2D eigenvalue weighted by atomic mass is 10.3. The fourth-order valence-electron chi connectivity index (χ4n) is 2.09. The van der Waals surface area contributed by atoms with Crippen LogP contribution in [0.3, 0.4) is 0 Å². The van der Waals surface area contributed by atoms with Gasteiger partial charge in [0.1, 0.15) is 0 Å². The zero-order chi connectivity index (χ0) is 13.6. The smallest absolute Gasteiger partial charge is 0.214 e. The van der Waals surface area contributed by atoms with E-state index in [9.17, 15) is 0 Å². The summed E-state index contributed by atoms with van der Waals surface area (Å²) in [4.78, 5) is 2.41. The predicted octanol–water partition coefficient (Wildman–Crippen LogP) is 1.09. The second kappa shape index (κ2) is 6.83. The summed E-state index contributed by atoms with van der Waals surface area (Å²) >= 11 is 1.69. The number of hydrogen-bond acceptors (Lipinski definition) is 6. The van der Waals surface area contributed by atoms with Crippen molar-refractivity contribution >= 4 is 11.8 Å². The van der Waals surface area contributed by atoms with Gasteiger partial charge in [0.25, 0.3) is 0 Å². The van der Waals surface area contributed by atoms with E-state index >= 15 is 0 Å². The monoisotopic (exact) mass is 291 g/mol. The van der Waals surface area contributed by atoms with Gasteiger partial charge in [0, 0.05) is 25.4 Å². The molecule has 1 fully saturated rings. The summed E-state index contributed by atoms with van der Waals surface area (Å²) in [5.74, 6) is 0.979. The molecule has 0 radical (unpaired) electrons. The van der Waals surface area contributed by atoms with Crippen molar-refractivity contribution in [2.75, 3.05) is 38.6 Å². The summed E-state index contributed by atoms with van der Waals surface area (Å²) in [6.45, 7) is 4.75. The summed E-state index contributed by atoms with van der Waals surface area (Å²) in [6.07, 6.45) is 0. The van der Waals surface area contributed by atoms with Gasteiger partial charge in [-0.2, -0.15) is 4.68 Å². The van der Waals surface area contributed by atoms with E-state index in [1.807, 2.05) is 30.3 Å². The molecule has 0 aliphatic carbocycles. The van der Waals surface area contributed by atoms with Crippen molar-refractivity contribution in [2.24, 2.45) is 0 Å². The number of benzene rings is 1. The first-order valence-corrected chi connectivity index (χ1v) is 7.69. The quantitative estimate of drug-likeness (QED) is 0.769. The van der Waals surface area contributed by atoms with Gasteiger partial charge in [-0.3, -0.25) is 4.90 Å². The molecule has 1 aliphatic heterocycles. The Hall–Kier alpha value is -1.44. The number of morpholine rings is 1. The van der Waals surface area contributed by atoms with Crippen LogP contribution in [-0.2, 0) is 4.74 Å². The highest BCUT2D eigenvalue weighted by Gasteiger charge is 2.12. The number of rotatable bonds is 5. The number of hydrogen-bond donors (Lipinski definition) is 0. The normalized spacial score (nSPS) is 16.4. The molecule has 1 aromatic carbocycles. The van der Waals surface area contributed by atoms with E-state index in [-0.39, 0.29) is 0 Å². The Morgan fingerprint density at radius 2 is 1.95 bits per heavy atom. The molecule has 6 nitrogen and oxygen atoms in total. The third-order valence-electron chi connectivity index (χ3n) is 3.18. The summed E-state index contributed by atoms with van der Waals surface area (Å²) < 4.78 is 7.13. The van der Waals surface area contributed by atoms with Crippen molar-refractivity contribution in [2.45, 2.75) is 5.16 Å². The van der Waals surface area contributed by atoms with Crippen molar-refractivity contribution in [3.63, 3.8) is 0 Å². The molecule has 0 spiro atoms.